The normalized spacial score (nSPS) is 17.2. The maximum absolute atomic E-state index is 5.14. The van der Waals surface area contributed by atoms with Crippen molar-refractivity contribution in [3.05, 3.63) is 145 Å². The summed E-state index contributed by atoms with van der Waals surface area (Å²) in [5.41, 5.74) is 11.8. The molecule has 48 heavy (non-hydrogen) atoms. The Morgan fingerprint density at radius 1 is 0.562 bits per heavy atom. The van der Waals surface area contributed by atoms with Gasteiger partial charge in [-0.25, -0.2) is 9.97 Å². The minimum atomic E-state index is 0.667. The largest absolute Gasteiger partial charge is 0.308 e. The van der Waals surface area contributed by atoms with Crippen LogP contribution >= 0.6 is 11.8 Å². The summed E-state index contributed by atoms with van der Waals surface area (Å²) in [5.74, 6) is 1.41. The van der Waals surface area contributed by atoms with E-state index < -0.39 is 0 Å². The third-order valence-corrected chi connectivity index (χ3v) is 12.0. The van der Waals surface area contributed by atoms with Crippen LogP contribution in [0.25, 0.3) is 72.2 Å². The average molecular weight is 636 g/mol. The van der Waals surface area contributed by atoms with Crippen molar-refractivity contribution in [3.8, 4) is 39.5 Å². The van der Waals surface area contributed by atoms with Crippen LogP contribution in [0, 0.1) is 0 Å². The van der Waals surface area contributed by atoms with E-state index in [1.807, 2.05) is 6.07 Å². The number of rotatable bonds is 4. The second-order valence-electron chi connectivity index (χ2n) is 13.2. The van der Waals surface area contributed by atoms with E-state index in [0.29, 0.717) is 11.2 Å². The van der Waals surface area contributed by atoms with Gasteiger partial charge in [0.05, 0.1) is 22.2 Å². The maximum atomic E-state index is 5.14. The summed E-state index contributed by atoms with van der Waals surface area (Å²) >= 11 is 2.13. The fourth-order valence-electron chi connectivity index (χ4n) is 8.11. The smallest absolute Gasteiger partial charge is 0.160 e. The second kappa shape index (κ2) is 11.2. The Morgan fingerprint density at radius 3 is 2.12 bits per heavy atom. The van der Waals surface area contributed by atoms with Crippen molar-refractivity contribution in [1.82, 2.24) is 14.5 Å². The summed E-state index contributed by atoms with van der Waals surface area (Å²) in [6.45, 7) is 0. The number of aromatic nitrogens is 3. The molecule has 4 heteroatoms. The van der Waals surface area contributed by atoms with Gasteiger partial charge in [0.1, 0.15) is 0 Å². The molecule has 0 spiro atoms. The van der Waals surface area contributed by atoms with Gasteiger partial charge in [-0.05, 0) is 77.9 Å². The highest BCUT2D eigenvalue weighted by Gasteiger charge is 2.37. The monoisotopic (exact) mass is 635 g/mol. The lowest BCUT2D eigenvalue weighted by atomic mass is 9.83. The number of thioether (sulfide) groups is 1. The summed E-state index contributed by atoms with van der Waals surface area (Å²) in [6.07, 6.45) is 5.31. The molecule has 1 fully saturated rings. The zero-order valence-corrected chi connectivity index (χ0v) is 27.3. The van der Waals surface area contributed by atoms with Crippen LogP contribution < -0.4 is 0 Å². The van der Waals surface area contributed by atoms with Crippen molar-refractivity contribution in [3.63, 3.8) is 0 Å². The number of nitrogens with zero attached hydrogens (tertiary/aromatic N) is 3. The first-order chi connectivity index (χ1) is 23.8. The number of hydrogen-bond acceptors (Lipinski definition) is 3. The fraction of sp³-hybridized carbons (Fsp3) is 0.136. The van der Waals surface area contributed by atoms with Gasteiger partial charge in [-0.3, -0.25) is 0 Å². The molecule has 8 aromatic rings. The van der Waals surface area contributed by atoms with Crippen LogP contribution in [0.1, 0.15) is 37.2 Å². The van der Waals surface area contributed by atoms with Gasteiger partial charge in [-0.2, -0.15) is 0 Å². The minimum absolute atomic E-state index is 0.667. The van der Waals surface area contributed by atoms with Crippen LogP contribution in [0.15, 0.2) is 144 Å². The van der Waals surface area contributed by atoms with Crippen LogP contribution in [0.2, 0.25) is 0 Å². The highest BCUT2D eigenvalue weighted by molar-refractivity contribution is 8.00. The van der Waals surface area contributed by atoms with Gasteiger partial charge in [0, 0.05) is 43.1 Å². The number of hydrogen-bond donors (Lipinski definition) is 0. The molecule has 0 N–H and O–H groups in total. The summed E-state index contributed by atoms with van der Waals surface area (Å²) in [6, 6.07) is 50.2. The molecule has 0 radical (unpaired) electrons. The molecule has 1 saturated carbocycles. The molecule has 2 aliphatic rings. The molecule has 1 aliphatic carbocycles. The highest BCUT2D eigenvalue weighted by Crippen LogP contribution is 2.55. The van der Waals surface area contributed by atoms with E-state index in [-0.39, 0.29) is 0 Å². The summed E-state index contributed by atoms with van der Waals surface area (Å²) < 4.78 is 2.52. The Hall–Kier alpha value is -5.19. The number of benzene rings is 6. The van der Waals surface area contributed by atoms with E-state index in [0.717, 1.165) is 33.5 Å². The Kier molecular flexibility index (Phi) is 6.51. The van der Waals surface area contributed by atoms with E-state index in [1.165, 1.54) is 69.2 Å². The molecule has 0 bridgehead atoms. The standard InChI is InChI=1S/C44H33N3S/c1-3-11-28(12-4-1)31-21-26-39-37(27-31)34-24-25-35-33-15-8-10-18-40(33)48-43(35)42(34)47(39)32-22-19-30(20-23-32)44-45-38-17-9-7-16-36(38)41(46-44)29-13-5-2-6-14-29/h1-7,9,11-14,16-17,19-27,33,40H,8,10,15,18H2. The van der Waals surface area contributed by atoms with Gasteiger partial charge < -0.3 is 4.57 Å². The van der Waals surface area contributed by atoms with Crippen molar-refractivity contribution >= 4 is 44.5 Å². The van der Waals surface area contributed by atoms with Crippen molar-refractivity contribution in [2.24, 2.45) is 0 Å². The van der Waals surface area contributed by atoms with E-state index in [9.17, 15) is 0 Å². The number of para-hydroxylation sites is 1. The molecule has 6 aromatic carbocycles. The first-order valence-corrected chi connectivity index (χ1v) is 17.9. The third kappa shape index (κ3) is 4.43. The minimum Gasteiger partial charge on any atom is -0.308 e. The zero-order chi connectivity index (χ0) is 31.6. The van der Waals surface area contributed by atoms with Crippen LogP contribution in [0.4, 0.5) is 0 Å². The van der Waals surface area contributed by atoms with Gasteiger partial charge in [-0.15, -0.1) is 11.8 Å². The Bertz CT molecular complexity index is 2480. The van der Waals surface area contributed by atoms with Crippen molar-refractivity contribution < 1.29 is 0 Å². The second-order valence-corrected chi connectivity index (χ2v) is 14.4. The first kappa shape index (κ1) is 27.9. The molecule has 10 rings (SSSR count). The molecular weight excluding hydrogens is 603 g/mol. The molecule has 3 nitrogen and oxygen atoms in total. The predicted molar refractivity (Wildman–Crippen MR) is 201 cm³/mol. The first-order valence-electron chi connectivity index (χ1n) is 17.1. The molecule has 230 valence electrons. The lowest BCUT2D eigenvalue weighted by Gasteiger charge is -2.24. The SMILES string of the molecule is c1ccc(-c2ccc3c(c2)c2ccc4c(c2n3-c2ccc(-c3nc(-c5ccccc5)c5ccccc5n3)cc2)SC2CCCCC42)cc1. The summed E-state index contributed by atoms with van der Waals surface area (Å²) in [7, 11) is 0. The quantitative estimate of drug-likeness (QED) is 0.193. The van der Waals surface area contributed by atoms with Crippen molar-refractivity contribution in [1.29, 1.82) is 0 Å². The van der Waals surface area contributed by atoms with E-state index >= 15 is 0 Å². The highest BCUT2D eigenvalue weighted by atomic mass is 32.2. The number of fused-ring (bicyclic) bond motifs is 8. The Labute approximate surface area is 284 Å². The van der Waals surface area contributed by atoms with Crippen LogP contribution in [0.5, 0.6) is 0 Å². The van der Waals surface area contributed by atoms with E-state index in [1.54, 1.807) is 5.56 Å². The fourth-order valence-corrected chi connectivity index (χ4v) is 9.82. The van der Waals surface area contributed by atoms with E-state index in [2.05, 4.69) is 150 Å². The molecule has 2 unspecified atom stereocenters. The van der Waals surface area contributed by atoms with Gasteiger partial charge in [-0.1, -0.05) is 110 Å². The molecule has 2 atom stereocenters. The molecule has 2 aromatic heterocycles. The van der Waals surface area contributed by atoms with Crippen molar-refractivity contribution in [2.45, 2.75) is 41.7 Å². The van der Waals surface area contributed by atoms with Crippen LogP contribution in [-0.2, 0) is 0 Å². The van der Waals surface area contributed by atoms with Gasteiger partial charge in [0.25, 0.3) is 0 Å². The molecule has 3 heterocycles. The molecular formula is C44H33N3S. The summed E-state index contributed by atoms with van der Waals surface area (Å²) in [5, 5.41) is 4.40. The topological polar surface area (TPSA) is 30.7 Å². The van der Waals surface area contributed by atoms with E-state index in [4.69, 9.17) is 9.97 Å². The lowest BCUT2D eigenvalue weighted by molar-refractivity contribution is 0.461. The summed E-state index contributed by atoms with van der Waals surface area (Å²) in [4.78, 5) is 11.7. The Morgan fingerprint density at radius 2 is 1.29 bits per heavy atom. The molecule has 0 amide bonds. The predicted octanol–water partition coefficient (Wildman–Crippen LogP) is 11.9. The molecule has 0 saturated heterocycles. The van der Waals surface area contributed by atoms with Crippen LogP contribution in [0.3, 0.4) is 0 Å². The lowest BCUT2D eigenvalue weighted by Crippen LogP contribution is -2.14. The van der Waals surface area contributed by atoms with Crippen molar-refractivity contribution in [2.75, 3.05) is 0 Å². The van der Waals surface area contributed by atoms with Gasteiger partial charge in [0.2, 0.25) is 0 Å². The maximum Gasteiger partial charge on any atom is 0.160 e. The molecule has 1 aliphatic heterocycles. The Balaban J connectivity index is 1.15. The third-order valence-electron chi connectivity index (χ3n) is 10.4. The van der Waals surface area contributed by atoms with Crippen LogP contribution in [-0.4, -0.2) is 19.8 Å². The zero-order valence-electron chi connectivity index (χ0n) is 26.5. The van der Waals surface area contributed by atoms with Gasteiger partial charge >= 0.3 is 0 Å². The average Bonchev–Trinajstić information content (AvgIpc) is 3.71. The van der Waals surface area contributed by atoms with Gasteiger partial charge in [0.15, 0.2) is 5.82 Å².